The first-order valence-electron chi connectivity index (χ1n) is 10.8. The molecule has 10 unspecified atom stereocenters. The highest BCUT2D eigenvalue weighted by Gasteiger charge is 2.47. The van der Waals surface area contributed by atoms with E-state index in [4.69, 9.17) is 15.0 Å². The second-order valence-corrected chi connectivity index (χ2v) is 11.7. The Labute approximate surface area is 203 Å². The summed E-state index contributed by atoms with van der Waals surface area (Å²) in [7, 11) is -10.3. The normalized spacial score (nSPS) is 36.2. The van der Waals surface area contributed by atoms with Gasteiger partial charge in [0.2, 0.25) is 0 Å². The molecule has 0 bridgehead atoms. The van der Waals surface area contributed by atoms with Gasteiger partial charge in [0.15, 0.2) is 17.7 Å². The summed E-state index contributed by atoms with van der Waals surface area (Å²) in [6, 6.07) is 0. The average molecular weight is 555 g/mol. The molecule has 2 aromatic rings. The summed E-state index contributed by atoms with van der Waals surface area (Å²) in [6.07, 6.45) is -5.24. The molecule has 36 heavy (non-hydrogen) atoms. The Bertz CT molecular complexity index is 1180. The molecule has 4 rings (SSSR count). The minimum absolute atomic E-state index is 0.0776. The highest BCUT2D eigenvalue weighted by molar-refractivity contribution is 7.61. The largest absolute Gasteiger partial charge is 0.481 e. The Morgan fingerprint density at radius 2 is 1.69 bits per heavy atom. The van der Waals surface area contributed by atoms with Gasteiger partial charge in [-0.2, -0.15) is 4.31 Å². The Kier molecular flexibility index (Phi) is 7.84. The number of phosphoric ester groups is 2. The molecule has 10 atom stereocenters. The molecule has 0 aromatic carbocycles. The van der Waals surface area contributed by atoms with Gasteiger partial charge in [-0.05, 0) is 12.3 Å². The Balaban J connectivity index is 1.34. The molecule has 19 heteroatoms. The summed E-state index contributed by atoms with van der Waals surface area (Å²) < 4.78 is 44.8. The lowest BCUT2D eigenvalue weighted by Gasteiger charge is -2.21. The fourth-order valence-corrected chi connectivity index (χ4v) is 6.36. The molecule has 2 fully saturated rings. The number of nitrogens with zero attached hydrogens (tertiary/aromatic N) is 4. The molecule has 2 aliphatic rings. The van der Waals surface area contributed by atoms with Gasteiger partial charge in [0, 0.05) is 5.92 Å². The maximum absolute atomic E-state index is 12.2. The van der Waals surface area contributed by atoms with Gasteiger partial charge in [0.25, 0.3) is 0 Å². The molecule has 0 radical (unpaired) electrons. The van der Waals surface area contributed by atoms with Gasteiger partial charge < -0.3 is 40.7 Å². The SMILES string of the molecule is CC1CC(COP(=O)(O)OP(=O)(O)OCC2OC(n3cnc4c(N)ncnc43)C(O)C2O)C(O)C1O. The molecule has 1 aliphatic heterocycles. The second kappa shape index (κ2) is 10.3. The number of phosphoric acid groups is 2. The van der Waals surface area contributed by atoms with E-state index in [0.29, 0.717) is 6.42 Å². The molecule has 0 spiro atoms. The standard InChI is InChI=1S/C17H27N5O12P2/c1-7-2-8(12(24)11(7)23)3-31-35(27,28)34-36(29,30)32-4-9-13(25)14(26)17(33-9)22-6-21-10-15(18)19-5-20-16(10)22/h5-9,11-14,17,23-26H,2-4H2,1H3,(H,27,28)(H,29,30)(H2,18,19,20). The minimum atomic E-state index is -5.22. The Hall–Kier alpha value is -1.59. The number of fused-ring (bicyclic) bond motifs is 1. The lowest BCUT2D eigenvalue weighted by atomic mass is 10.1. The lowest BCUT2D eigenvalue weighted by Crippen LogP contribution is -2.33. The van der Waals surface area contributed by atoms with Gasteiger partial charge in [0.1, 0.15) is 30.2 Å². The summed E-state index contributed by atoms with van der Waals surface area (Å²) in [5, 5.41) is 40.4. The van der Waals surface area contributed by atoms with E-state index in [1.54, 1.807) is 6.92 Å². The molecular weight excluding hydrogens is 528 g/mol. The van der Waals surface area contributed by atoms with E-state index in [2.05, 4.69) is 23.8 Å². The number of nitrogen functional groups attached to an aromatic ring is 1. The monoisotopic (exact) mass is 555 g/mol. The number of aliphatic hydroxyl groups excluding tert-OH is 4. The molecule has 17 nitrogen and oxygen atoms in total. The first kappa shape index (κ1) is 27.4. The molecule has 0 amide bonds. The topological polar surface area (TPSA) is 262 Å². The van der Waals surface area contributed by atoms with Gasteiger partial charge in [-0.1, -0.05) is 6.92 Å². The lowest BCUT2D eigenvalue weighted by molar-refractivity contribution is -0.0505. The van der Waals surface area contributed by atoms with Crippen LogP contribution in [0.3, 0.4) is 0 Å². The summed E-state index contributed by atoms with van der Waals surface area (Å²) in [4.78, 5) is 31.5. The Morgan fingerprint density at radius 3 is 2.33 bits per heavy atom. The first-order valence-corrected chi connectivity index (χ1v) is 13.8. The van der Waals surface area contributed by atoms with Crippen molar-refractivity contribution in [2.75, 3.05) is 18.9 Å². The van der Waals surface area contributed by atoms with Gasteiger partial charge >= 0.3 is 15.6 Å². The van der Waals surface area contributed by atoms with Crippen molar-refractivity contribution in [2.45, 2.75) is 50.1 Å². The zero-order valence-corrected chi connectivity index (χ0v) is 20.6. The summed E-state index contributed by atoms with van der Waals surface area (Å²) in [5.41, 5.74) is 6.15. The number of aliphatic hydroxyl groups is 4. The maximum atomic E-state index is 12.2. The fourth-order valence-electron chi connectivity index (χ4n) is 4.23. The number of aromatic nitrogens is 4. The van der Waals surface area contributed by atoms with E-state index >= 15 is 0 Å². The fraction of sp³-hybridized carbons (Fsp3) is 0.706. The predicted molar refractivity (Wildman–Crippen MR) is 118 cm³/mol. The number of nitrogens with two attached hydrogens (primary N) is 1. The van der Waals surface area contributed by atoms with Gasteiger partial charge in [-0.3, -0.25) is 13.6 Å². The number of rotatable bonds is 9. The van der Waals surface area contributed by atoms with E-state index in [-0.39, 0.29) is 22.9 Å². The maximum Gasteiger partial charge on any atom is 0.481 e. The van der Waals surface area contributed by atoms with Crippen LogP contribution in [-0.2, 0) is 27.2 Å². The van der Waals surface area contributed by atoms with E-state index in [0.717, 1.165) is 0 Å². The molecule has 2 aromatic heterocycles. The van der Waals surface area contributed by atoms with Crippen LogP contribution in [0.4, 0.5) is 5.82 Å². The van der Waals surface area contributed by atoms with Crippen molar-refractivity contribution in [3.63, 3.8) is 0 Å². The van der Waals surface area contributed by atoms with Crippen molar-refractivity contribution in [1.82, 2.24) is 19.5 Å². The van der Waals surface area contributed by atoms with E-state index in [1.165, 1.54) is 17.2 Å². The van der Waals surface area contributed by atoms with Crippen LogP contribution in [0.2, 0.25) is 0 Å². The Morgan fingerprint density at radius 1 is 1.03 bits per heavy atom. The van der Waals surface area contributed by atoms with Gasteiger partial charge in [-0.25, -0.2) is 24.1 Å². The second-order valence-electron chi connectivity index (χ2n) is 8.69. The highest BCUT2D eigenvalue weighted by Crippen LogP contribution is 2.61. The van der Waals surface area contributed by atoms with Crippen LogP contribution in [0.25, 0.3) is 11.2 Å². The van der Waals surface area contributed by atoms with E-state index in [1.807, 2.05) is 0 Å². The van der Waals surface area contributed by atoms with Crippen molar-refractivity contribution in [1.29, 1.82) is 0 Å². The summed E-state index contributed by atoms with van der Waals surface area (Å²) in [5.74, 6) is -0.894. The van der Waals surface area contributed by atoms with Crippen molar-refractivity contribution < 1.29 is 57.4 Å². The molecule has 3 heterocycles. The van der Waals surface area contributed by atoms with Gasteiger partial charge in [-0.15, -0.1) is 0 Å². The average Bonchev–Trinajstić information content (AvgIpc) is 3.42. The van der Waals surface area contributed by atoms with Crippen LogP contribution in [-0.4, -0.2) is 93.5 Å². The van der Waals surface area contributed by atoms with Crippen molar-refractivity contribution in [3.8, 4) is 0 Å². The van der Waals surface area contributed by atoms with Crippen LogP contribution >= 0.6 is 15.6 Å². The molecular formula is C17H27N5O12P2. The van der Waals surface area contributed by atoms with Crippen LogP contribution in [0.5, 0.6) is 0 Å². The number of hydrogen-bond donors (Lipinski definition) is 7. The molecule has 1 saturated heterocycles. The third-order valence-corrected chi connectivity index (χ3v) is 8.75. The minimum Gasteiger partial charge on any atom is -0.390 e. The smallest absolute Gasteiger partial charge is 0.390 e. The molecule has 1 aliphatic carbocycles. The van der Waals surface area contributed by atoms with Crippen molar-refractivity contribution in [2.24, 2.45) is 11.8 Å². The van der Waals surface area contributed by atoms with Crippen LogP contribution in [0.15, 0.2) is 12.7 Å². The summed E-state index contributed by atoms with van der Waals surface area (Å²) in [6.45, 7) is 0.330. The van der Waals surface area contributed by atoms with E-state index in [9.17, 15) is 39.3 Å². The molecule has 202 valence electrons. The third kappa shape index (κ3) is 5.62. The number of imidazole rings is 1. The van der Waals surface area contributed by atoms with E-state index < -0.39 is 71.5 Å². The third-order valence-electron chi connectivity index (χ3n) is 6.15. The molecule has 1 saturated carbocycles. The van der Waals surface area contributed by atoms with Crippen molar-refractivity contribution in [3.05, 3.63) is 12.7 Å². The zero-order chi connectivity index (χ0) is 26.4. The number of ether oxygens (including phenoxy) is 1. The first-order chi connectivity index (χ1) is 16.8. The highest BCUT2D eigenvalue weighted by atomic mass is 31.3. The predicted octanol–water partition coefficient (Wildman–Crippen LogP) is -1.34. The van der Waals surface area contributed by atoms with Crippen LogP contribution < -0.4 is 5.73 Å². The zero-order valence-electron chi connectivity index (χ0n) is 18.8. The van der Waals surface area contributed by atoms with Crippen LogP contribution in [0.1, 0.15) is 19.6 Å². The van der Waals surface area contributed by atoms with Gasteiger partial charge in [0.05, 0.1) is 31.7 Å². The quantitative estimate of drug-likeness (QED) is 0.176. The number of hydrogen-bond acceptors (Lipinski definition) is 14. The molecule has 8 N–H and O–H groups in total. The number of anilines is 1. The summed E-state index contributed by atoms with van der Waals surface area (Å²) >= 11 is 0. The van der Waals surface area contributed by atoms with Crippen molar-refractivity contribution >= 4 is 32.6 Å². The van der Waals surface area contributed by atoms with Crippen LogP contribution in [0, 0.1) is 11.8 Å².